The lowest BCUT2D eigenvalue weighted by Gasteiger charge is -2.53. The summed E-state index contributed by atoms with van der Waals surface area (Å²) in [5, 5.41) is 3.75. The Morgan fingerprint density at radius 2 is 1.40 bits per heavy atom. The number of fused-ring (bicyclic) bond motifs is 1. The monoisotopic (exact) mass is 414 g/mol. The molecule has 1 saturated heterocycles. The van der Waals surface area contributed by atoms with E-state index in [2.05, 4.69) is 50.4 Å². The van der Waals surface area contributed by atoms with E-state index in [1.54, 1.807) is 24.3 Å². The molecule has 0 unspecified atom stereocenters. The number of amides is 4. The van der Waals surface area contributed by atoms with Crippen molar-refractivity contribution in [1.82, 2.24) is 20.7 Å². The van der Waals surface area contributed by atoms with Crippen molar-refractivity contribution in [3.05, 3.63) is 35.4 Å². The summed E-state index contributed by atoms with van der Waals surface area (Å²) in [5.41, 5.74) is 2.73. The van der Waals surface area contributed by atoms with Gasteiger partial charge in [0.05, 0.1) is 11.1 Å². The molecule has 2 aliphatic rings. The first-order valence-corrected chi connectivity index (χ1v) is 10.2. The van der Waals surface area contributed by atoms with E-state index in [-0.39, 0.29) is 47.0 Å². The van der Waals surface area contributed by atoms with Gasteiger partial charge >= 0.3 is 0 Å². The molecule has 8 heteroatoms. The van der Waals surface area contributed by atoms with Crippen molar-refractivity contribution >= 4 is 23.6 Å². The van der Waals surface area contributed by atoms with Gasteiger partial charge in [-0.2, -0.15) is 5.01 Å². The SMILES string of the molecule is CN1C(C)(C)CC(NC(=O)CCC(=O)NN2C(=O)c3ccccc3C2=O)CC1(C)C. The maximum Gasteiger partial charge on any atom is 0.280 e. The minimum absolute atomic E-state index is 0.0117. The molecule has 1 aromatic rings. The zero-order valence-electron chi connectivity index (χ0n) is 18.2. The first kappa shape index (κ1) is 22.0. The lowest BCUT2D eigenvalue weighted by molar-refractivity contribution is -0.129. The lowest BCUT2D eigenvalue weighted by Crippen LogP contribution is -2.62. The first-order chi connectivity index (χ1) is 13.9. The number of nitrogens with zero attached hydrogens (tertiary/aromatic N) is 2. The number of likely N-dealkylation sites (tertiary alicyclic amines) is 1. The molecule has 1 fully saturated rings. The molecule has 0 spiro atoms. The van der Waals surface area contributed by atoms with Gasteiger partial charge in [0.15, 0.2) is 0 Å². The predicted octanol–water partition coefficient (Wildman–Crippen LogP) is 1.86. The molecule has 0 saturated carbocycles. The Labute approximate surface area is 176 Å². The summed E-state index contributed by atoms with van der Waals surface area (Å²) >= 11 is 0. The van der Waals surface area contributed by atoms with E-state index in [1.807, 2.05) is 0 Å². The highest BCUT2D eigenvalue weighted by Gasteiger charge is 2.43. The van der Waals surface area contributed by atoms with E-state index >= 15 is 0 Å². The Balaban J connectivity index is 1.50. The van der Waals surface area contributed by atoms with Crippen LogP contribution in [0.3, 0.4) is 0 Å². The molecular formula is C22H30N4O4. The third-order valence-corrected chi connectivity index (χ3v) is 6.28. The Bertz CT molecular complexity index is 840. The van der Waals surface area contributed by atoms with Crippen LogP contribution in [-0.2, 0) is 9.59 Å². The summed E-state index contributed by atoms with van der Waals surface area (Å²) in [5.74, 6) is -1.90. The van der Waals surface area contributed by atoms with Crippen LogP contribution in [0, 0.1) is 0 Å². The standard InChI is InChI=1S/C22H30N4O4/c1-21(2)12-14(13-22(3,4)25(21)5)23-17(27)10-11-18(28)24-26-19(29)15-8-6-7-9-16(15)20(26)30/h6-9,14H,10-13H2,1-5H3,(H,23,27)(H,24,28). The van der Waals surface area contributed by atoms with E-state index in [9.17, 15) is 19.2 Å². The fraction of sp³-hybridized carbons (Fsp3) is 0.545. The summed E-state index contributed by atoms with van der Waals surface area (Å²) in [7, 11) is 2.10. The van der Waals surface area contributed by atoms with Crippen molar-refractivity contribution in [2.75, 3.05) is 7.05 Å². The predicted molar refractivity (Wildman–Crippen MR) is 111 cm³/mol. The second kappa shape index (κ2) is 7.83. The van der Waals surface area contributed by atoms with Gasteiger partial charge in [-0.3, -0.25) is 29.5 Å². The second-order valence-electron chi connectivity index (χ2n) is 9.38. The summed E-state index contributed by atoms with van der Waals surface area (Å²) < 4.78 is 0. The molecule has 4 amide bonds. The van der Waals surface area contributed by atoms with Crippen molar-refractivity contribution in [2.24, 2.45) is 0 Å². The van der Waals surface area contributed by atoms with Gasteiger partial charge in [0, 0.05) is 30.0 Å². The summed E-state index contributed by atoms with van der Waals surface area (Å²) in [6.07, 6.45) is 1.51. The molecular weight excluding hydrogens is 384 g/mol. The molecule has 1 aromatic carbocycles. The van der Waals surface area contributed by atoms with Gasteiger partial charge in [0.2, 0.25) is 11.8 Å². The highest BCUT2D eigenvalue weighted by Crippen LogP contribution is 2.36. The Morgan fingerprint density at radius 1 is 0.933 bits per heavy atom. The van der Waals surface area contributed by atoms with E-state index in [0.29, 0.717) is 5.01 Å². The lowest BCUT2D eigenvalue weighted by atomic mass is 9.77. The quantitative estimate of drug-likeness (QED) is 0.717. The number of nitrogens with one attached hydrogen (secondary N) is 2. The summed E-state index contributed by atoms with van der Waals surface area (Å²) in [4.78, 5) is 51.6. The van der Waals surface area contributed by atoms with Gasteiger partial charge < -0.3 is 5.32 Å². The molecule has 162 valence electrons. The van der Waals surface area contributed by atoms with Gasteiger partial charge in [-0.1, -0.05) is 12.1 Å². The van der Waals surface area contributed by atoms with Crippen LogP contribution in [0.2, 0.25) is 0 Å². The number of hydrogen-bond donors (Lipinski definition) is 2. The van der Waals surface area contributed by atoms with Crippen LogP contribution in [0.1, 0.15) is 74.1 Å². The minimum Gasteiger partial charge on any atom is -0.353 e. The zero-order chi connectivity index (χ0) is 22.3. The Hall–Kier alpha value is -2.74. The van der Waals surface area contributed by atoms with Gasteiger partial charge in [-0.25, -0.2) is 0 Å². The molecule has 3 rings (SSSR count). The number of benzene rings is 1. The maximum atomic E-state index is 12.4. The number of carbonyl (C=O) groups is 4. The average Bonchev–Trinajstić information content (AvgIpc) is 2.89. The molecule has 2 heterocycles. The molecule has 0 aliphatic carbocycles. The van der Waals surface area contributed by atoms with Crippen LogP contribution >= 0.6 is 0 Å². The number of rotatable bonds is 5. The molecule has 0 bridgehead atoms. The van der Waals surface area contributed by atoms with E-state index in [4.69, 9.17) is 0 Å². The first-order valence-electron chi connectivity index (χ1n) is 10.2. The molecule has 30 heavy (non-hydrogen) atoms. The second-order valence-corrected chi connectivity index (χ2v) is 9.38. The van der Waals surface area contributed by atoms with Gasteiger partial charge in [-0.15, -0.1) is 0 Å². The van der Waals surface area contributed by atoms with Gasteiger partial charge in [0.25, 0.3) is 11.8 Å². The molecule has 0 radical (unpaired) electrons. The molecule has 8 nitrogen and oxygen atoms in total. The fourth-order valence-corrected chi connectivity index (χ4v) is 4.47. The van der Waals surface area contributed by atoms with Crippen LogP contribution in [0.25, 0.3) is 0 Å². The third-order valence-electron chi connectivity index (χ3n) is 6.28. The van der Waals surface area contributed by atoms with E-state index in [0.717, 1.165) is 12.8 Å². The van der Waals surface area contributed by atoms with Crippen molar-refractivity contribution in [2.45, 2.75) is 70.5 Å². The highest BCUT2D eigenvalue weighted by molar-refractivity contribution is 6.21. The summed E-state index contributed by atoms with van der Waals surface area (Å²) in [6, 6.07) is 6.42. The number of carbonyl (C=O) groups excluding carboxylic acids is 4. The molecule has 0 atom stereocenters. The molecule has 0 aromatic heterocycles. The van der Waals surface area contributed by atoms with E-state index in [1.165, 1.54) is 0 Å². The van der Waals surface area contributed by atoms with Crippen molar-refractivity contribution in [3.63, 3.8) is 0 Å². The zero-order valence-corrected chi connectivity index (χ0v) is 18.2. The van der Waals surface area contributed by atoms with Crippen LogP contribution in [0.4, 0.5) is 0 Å². The maximum absolute atomic E-state index is 12.4. The van der Waals surface area contributed by atoms with Crippen molar-refractivity contribution < 1.29 is 19.2 Å². The fourth-order valence-electron chi connectivity index (χ4n) is 4.47. The topological polar surface area (TPSA) is 98.8 Å². The normalized spacial score (nSPS) is 20.8. The number of imide groups is 1. The van der Waals surface area contributed by atoms with Crippen molar-refractivity contribution in [1.29, 1.82) is 0 Å². The van der Waals surface area contributed by atoms with Crippen molar-refractivity contribution in [3.8, 4) is 0 Å². The summed E-state index contributed by atoms with van der Waals surface area (Å²) in [6.45, 7) is 8.62. The van der Waals surface area contributed by atoms with E-state index < -0.39 is 17.7 Å². The number of hydrogen-bond acceptors (Lipinski definition) is 5. The third kappa shape index (κ3) is 4.23. The molecule has 2 aliphatic heterocycles. The minimum atomic E-state index is -0.566. The van der Waals surface area contributed by atoms with Crippen LogP contribution < -0.4 is 10.7 Å². The van der Waals surface area contributed by atoms with Crippen LogP contribution in [0.5, 0.6) is 0 Å². The van der Waals surface area contributed by atoms with Gasteiger partial charge in [0.1, 0.15) is 0 Å². The largest absolute Gasteiger partial charge is 0.353 e. The highest BCUT2D eigenvalue weighted by atomic mass is 16.2. The van der Waals surface area contributed by atoms with Crippen LogP contribution in [0.15, 0.2) is 24.3 Å². The molecule has 2 N–H and O–H groups in total. The number of hydrazine groups is 1. The Morgan fingerprint density at radius 3 is 1.90 bits per heavy atom. The number of piperidine rings is 1. The average molecular weight is 415 g/mol. The van der Waals surface area contributed by atoms with Crippen LogP contribution in [-0.4, -0.2) is 57.7 Å². The van der Waals surface area contributed by atoms with Gasteiger partial charge in [-0.05, 0) is 59.7 Å². The Kier molecular flexibility index (Phi) is 5.73. The smallest absolute Gasteiger partial charge is 0.280 e.